The first kappa shape index (κ1) is 16.8. The molecule has 1 aliphatic heterocycles. The van der Waals surface area contributed by atoms with E-state index in [-0.39, 0.29) is 0 Å². The van der Waals surface area contributed by atoms with Gasteiger partial charge in [-0.3, -0.25) is 4.90 Å². The molecular formula is C17H26N6O. The van der Waals surface area contributed by atoms with Gasteiger partial charge in [-0.05, 0) is 19.8 Å². The lowest BCUT2D eigenvalue weighted by Gasteiger charge is -2.36. The summed E-state index contributed by atoms with van der Waals surface area (Å²) in [6.07, 6.45) is 3.84. The number of aromatic nitrogens is 4. The van der Waals surface area contributed by atoms with Crippen LogP contribution in [0.4, 0.5) is 5.82 Å². The van der Waals surface area contributed by atoms with Crippen LogP contribution in [0, 0.1) is 6.92 Å². The molecule has 1 aliphatic rings. The molecule has 130 valence electrons. The van der Waals surface area contributed by atoms with Crippen LogP contribution in [0.15, 0.2) is 16.9 Å². The van der Waals surface area contributed by atoms with Gasteiger partial charge >= 0.3 is 0 Å². The van der Waals surface area contributed by atoms with Gasteiger partial charge < -0.3 is 9.42 Å². The highest BCUT2D eigenvalue weighted by atomic mass is 16.5. The molecule has 2 aromatic rings. The predicted molar refractivity (Wildman–Crippen MR) is 91.9 cm³/mol. The summed E-state index contributed by atoms with van der Waals surface area (Å²) in [4.78, 5) is 17.7. The average Bonchev–Trinajstić information content (AvgIpc) is 3.04. The minimum atomic E-state index is 0.304. The summed E-state index contributed by atoms with van der Waals surface area (Å²) < 4.78 is 5.36. The van der Waals surface area contributed by atoms with Gasteiger partial charge in [0.15, 0.2) is 5.82 Å². The fourth-order valence-electron chi connectivity index (χ4n) is 3.04. The monoisotopic (exact) mass is 330 g/mol. The van der Waals surface area contributed by atoms with Gasteiger partial charge in [0.25, 0.3) is 0 Å². The smallest absolute Gasteiger partial charge is 0.240 e. The molecule has 2 aromatic heterocycles. The molecule has 0 unspecified atom stereocenters. The third kappa shape index (κ3) is 3.90. The Balaban J connectivity index is 1.53. The topological polar surface area (TPSA) is 71.2 Å². The Hall–Kier alpha value is -2.02. The zero-order valence-electron chi connectivity index (χ0n) is 14.9. The van der Waals surface area contributed by atoms with Gasteiger partial charge in [-0.15, -0.1) is 0 Å². The molecule has 0 radical (unpaired) electrons. The van der Waals surface area contributed by atoms with Crippen molar-refractivity contribution < 1.29 is 4.52 Å². The Kier molecular flexibility index (Phi) is 5.08. The van der Waals surface area contributed by atoms with Crippen molar-refractivity contribution in [2.45, 2.75) is 52.1 Å². The summed E-state index contributed by atoms with van der Waals surface area (Å²) in [5.41, 5.74) is 1.00. The van der Waals surface area contributed by atoms with E-state index < -0.39 is 0 Å². The molecule has 0 spiro atoms. The number of hydrogen-bond acceptors (Lipinski definition) is 7. The summed E-state index contributed by atoms with van der Waals surface area (Å²) in [7, 11) is 2.12. The molecule has 24 heavy (non-hydrogen) atoms. The lowest BCUT2D eigenvalue weighted by molar-refractivity contribution is 0.180. The molecule has 0 N–H and O–H groups in total. The Morgan fingerprint density at radius 1 is 1.29 bits per heavy atom. The molecule has 0 saturated carbocycles. The lowest BCUT2D eigenvalue weighted by Crippen LogP contribution is -2.43. The number of hydrogen-bond donors (Lipinski definition) is 0. The summed E-state index contributed by atoms with van der Waals surface area (Å²) in [5.74, 6) is 2.81. The van der Waals surface area contributed by atoms with Crippen LogP contribution < -0.4 is 4.90 Å². The van der Waals surface area contributed by atoms with Crippen LogP contribution in [-0.4, -0.2) is 51.2 Å². The summed E-state index contributed by atoms with van der Waals surface area (Å²) in [6.45, 7) is 8.94. The zero-order chi connectivity index (χ0) is 17.1. The number of likely N-dealkylation sites (tertiary alicyclic amines) is 1. The Morgan fingerprint density at radius 2 is 2.04 bits per heavy atom. The van der Waals surface area contributed by atoms with E-state index >= 15 is 0 Å². The molecule has 0 aliphatic carbocycles. The molecule has 0 atom stereocenters. The fourth-order valence-corrected chi connectivity index (χ4v) is 3.04. The first-order chi connectivity index (χ1) is 11.5. The van der Waals surface area contributed by atoms with Crippen LogP contribution in [0.2, 0.25) is 0 Å². The van der Waals surface area contributed by atoms with E-state index in [0.29, 0.717) is 12.0 Å². The minimum absolute atomic E-state index is 0.304. The molecule has 7 heteroatoms. The first-order valence-electron chi connectivity index (χ1n) is 8.59. The number of aryl methyl sites for hydroxylation is 1. The molecular weight excluding hydrogens is 304 g/mol. The largest absolute Gasteiger partial charge is 0.356 e. The highest BCUT2D eigenvalue weighted by Crippen LogP contribution is 2.21. The SMILES string of the molecule is Cc1cc(N(C)C2CCN(Cc3nc(C(C)C)no3)CC2)ncn1. The third-order valence-electron chi connectivity index (χ3n) is 4.61. The maximum atomic E-state index is 5.36. The van der Waals surface area contributed by atoms with Crippen molar-refractivity contribution in [2.75, 3.05) is 25.0 Å². The van der Waals surface area contributed by atoms with Crippen molar-refractivity contribution >= 4 is 5.82 Å². The van der Waals surface area contributed by atoms with Gasteiger partial charge in [-0.1, -0.05) is 19.0 Å². The van der Waals surface area contributed by atoms with Crippen molar-refractivity contribution in [3.05, 3.63) is 29.8 Å². The number of nitrogens with zero attached hydrogens (tertiary/aromatic N) is 6. The van der Waals surface area contributed by atoms with E-state index in [2.05, 4.69) is 50.8 Å². The molecule has 7 nitrogen and oxygen atoms in total. The van der Waals surface area contributed by atoms with Crippen LogP contribution in [0.25, 0.3) is 0 Å². The second-order valence-corrected chi connectivity index (χ2v) is 6.84. The highest BCUT2D eigenvalue weighted by molar-refractivity contribution is 5.39. The maximum Gasteiger partial charge on any atom is 0.240 e. The van der Waals surface area contributed by atoms with Crippen LogP contribution in [0.3, 0.4) is 0 Å². The van der Waals surface area contributed by atoms with Crippen molar-refractivity contribution in [3.63, 3.8) is 0 Å². The molecule has 0 amide bonds. The van der Waals surface area contributed by atoms with E-state index in [9.17, 15) is 0 Å². The lowest BCUT2D eigenvalue weighted by atomic mass is 10.0. The Morgan fingerprint density at radius 3 is 2.67 bits per heavy atom. The maximum absolute atomic E-state index is 5.36. The van der Waals surface area contributed by atoms with E-state index in [0.717, 1.165) is 55.7 Å². The summed E-state index contributed by atoms with van der Waals surface area (Å²) in [5, 5.41) is 4.04. The van der Waals surface area contributed by atoms with E-state index in [4.69, 9.17) is 4.52 Å². The molecule has 0 bridgehead atoms. The fraction of sp³-hybridized carbons (Fsp3) is 0.647. The normalized spacial score (nSPS) is 16.7. The Bertz CT molecular complexity index is 663. The van der Waals surface area contributed by atoms with Gasteiger partial charge in [0.1, 0.15) is 12.1 Å². The van der Waals surface area contributed by atoms with Crippen LogP contribution in [0.5, 0.6) is 0 Å². The van der Waals surface area contributed by atoms with Gasteiger partial charge in [-0.2, -0.15) is 4.98 Å². The average molecular weight is 330 g/mol. The molecule has 1 saturated heterocycles. The Labute approximate surface area is 143 Å². The number of rotatable bonds is 5. The molecule has 3 heterocycles. The summed E-state index contributed by atoms with van der Waals surface area (Å²) >= 11 is 0. The van der Waals surface area contributed by atoms with Gasteiger partial charge in [-0.25, -0.2) is 9.97 Å². The second kappa shape index (κ2) is 7.25. The molecule has 1 fully saturated rings. The first-order valence-corrected chi connectivity index (χ1v) is 8.59. The van der Waals surface area contributed by atoms with Crippen LogP contribution in [0.1, 0.15) is 50.0 Å². The van der Waals surface area contributed by atoms with E-state index in [1.54, 1.807) is 6.33 Å². The van der Waals surface area contributed by atoms with Crippen molar-refractivity contribution in [2.24, 2.45) is 0 Å². The van der Waals surface area contributed by atoms with Gasteiger partial charge in [0, 0.05) is 43.9 Å². The van der Waals surface area contributed by atoms with Crippen molar-refractivity contribution in [3.8, 4) is 0 Å². The molecule has 3 rings (SSSR count). The summed E-state index contributed by atoms with van der Waals surface area (Å²) in [6, 6.07) is 2.54. The quantitative estimate of drug-likeness (QED) is 0.833. The third-order valence-corrected chi connectivity index (χ3v) is 4.61. The minimum Gasteiger partial charge on any atom is -0.356 e. The van der Waals surface area contributed by atoms with Crippen molar-refractivity contribution in [1.29, 1.82) is 0 Å². The van der Waals surface area contributed by atoms with Gasteiger partial charge in [0.05, 0.1) is 6.54 Å². The zero-order valence-corrected chi connectivity index (χ0v) is 14.9. The van der Waals surface area contributed by atoms with Crippen LogP contribution in [-0.2, 0) is 6.54 Å². The van der Waals surface area contributed by atoms with Crippen LogP contribution >= 0.6 is 0 Å². The second-order valence-electron chi connectivity index (χ2n) is 6.84. The van der Waals surface area contributed by atoms with Gasteiger partial charge in [0.2, 0.25) is 5.89 Å². The standard InChI is InChI=1S/C17H26N6O/c1-12(2)17-20-16(24-21-17)10-23-7-5-14(6-8-23)22(4)15-9-13(3)18-11-19-15/h9,11-12,14H,5-8,10H2,1-4H3. The van der Waals surface area contributed by atoms with E-state index in [1.807, 2.05) is 13.0 Å². The highest BCUT2D eigenvalue weighted by Gasteiger charge is 2.24. The molecule has 0 aromatic carbocycles. The predicted octanol–water partition coefficient (Wildman–Crippen LogP) is 2.39. The number of anilines is 1. The number of piperidine rings is 1. The van der Waals surface area contributed by atoms with E-state index in [1.165, 1.54) is 0 Å². The van der Waals surface area contributed by atoms with Crippen molar-refractivity contribution in [1.82, 2.24) is 25.0 Å².